The van der Waals surface area contributed by atoms with Gasteiger partial charge in [0, 0.05) is 6.07 Å². The van der Waals surface area contributed by atoms with Crippen LogP contribution in [0, 0.1) is 5.82 Å². The second-order valence-electron chi connectivity index (χ2n) is 3.98. The summed E-state index contributed by atoms with van der Waals surface area (Å²) in [5.41, 5.74) is 0.848. The molecular formula is C13H13ClFN3S. The maximum absolute atomic E-state index is 13.2. The third kappa shape index (κ3) is 3.81. The van der Waals surface area contributed by atoms with E-state index >= 15 is 0 Å². The van der Waals surface area contributed by atoms with E-state index in [2.05, 4.69) is 15.3 Å². The Morgan fingerprint density at radius 3 is 2.79 bits per heavy atom. The van der Waals surface area contributed by atoms with Gasteiger partial charge in [-0.1, -0.05) is 35.5 Å². The van der Waals surface area contributed by atoms with Gasteiger partial charge in [0.2, 0.25) is 0 Å². The van der Waals surface area contributed by atoms with Gasteiger partial charge >= 0.3 is 0 Å². The fourth-order valence-corrected chi connectivity index (χ4v) is 2.26. The van der Waals surface area contributed by atoms with Crippen LogP contribution in [0.15, 0.2) is 35.5 Å². The van der Waals surface area contributed by atoms with Crippen LogP contribution in [0.2, 0.25) is 5.15 Å². The number of anilines is 1. The minimum atomic E-state index is -0.253. The molecule has 2 rings (SSSR count). The Bertz CT molecular complexity index is 580. The molecule has 0 aliphatic rings. The van der Waals surface area contributed by atoms with Gasteiger partial charge in [0.1, 0.15) is 16.8 Å². The first-order valence-corrected chi connectivity index (χ1v) is 7.29. The molecule has 1 N–H and O–H groups in total. The monoisotopic (exact) mass is 297 g/mol. The average molecular weight is 298 g/mol. The number of aromatic nitrogens is 2. The lowest BCUT2D eigenvalue weighted by molar-refractivity contribution is 0.623. The van der Waals surface area contributed by atoms with E-state index in [0.29, 0.717) is 16.1 Å². The summed E-state index contributed by atoms with van der Waals surface area (Å²) in [4.78, 5) is 8.37. The van der Waals surface area contributed by atoms with E-state index < -0.39 is 0 Å². The summed E-state index contributed by atoms with van der Waals surface area (Å²) < 4.78 is 13.2. The molecule has 19 heavy (non-hydrogen) atoms. The molecule has 1 aromatic heterocycles. The SMILES string of the molecule is CSc1nc(Cl)cc(NC(C)c2cccc(F)c2)n1. The van der Waals surface area contributed by atoms with Crippen molar-refractivity contribution in [1.82, 2.24) is 9.97 Å². The Morgan fingerprint density at radius 1 is 1.32 bits per heavy atom. The molecule has 0 spiro atoms. The number of nitrogens with zero attached hydrogens (tertiary/aromatic N) is 2. The second kappa shape index (κ2) is 6.21. The Kier molecular flexibility index (Phi) is 4.61. The fraction of sp³-hybridized carbons (Fsp3) is 0.231. The van der Waals surface area contributed by atoms with Gasteiger partial charge in [0.25, 0.3) is 0 Å². The highest BCUT2D eigenvalue weighted by Gasteiger charge is 2.09. The predicted molar refractivity (Wildman–Crippen MR) is 77.3 cm³/mol. The molecular weight excluding hydrogens is 285 g/mol. The minimum absolute atomic E-state index is 0.0728. The Hall–Kier alpha value is -1.33. The van der Waals surface area contributed by atoms with Crippen molar-refractivity contribution >= 4 is 29.2 Å². The molecule has 1 heterocycles. The molecule has 0 aliphatic carbocycles. The van der Waals surface area contributed by atoms with Crippen molar-refractivity contribution in [2.24, 2.45) is 0 Å². The molecule has 0 fully saturated rings. The van der Waals surface area contributed by atoms with Crippen LogP contribution < -0.4 is 5.32 Å². The van der Waals surface area contributed by atoms with E-state index in [-0.39, 0.29) is 11.9 Å². The smallest absolute Gasteiger partial charge is 0.190 e. The summed E-state index contributed by atoms with van der Waals surface area (Å²) in [6, 6.07) is 8.04. The lowest BCUT2D eigenvalue weighted by atomic mass is 10.1. The van der Waals surface area contributed by atoms with Crippen molar-refractivity contribution in [2.75, 3.05) is 11.6 Å². The molecule has 0 radical (unpaired) electrons. The van der Waals surface area contributed by atoms with Crippen LogP contribution >= 0.6 is 23.4 Å². The van der Waals surface area contributed by atoms with Gasteiger partial charge in [-0.05, 0) is 30.9 Å². The topological polar surface area (TPSA) is 37.8 Å². The van der Waals surface area contributed by atoms with E-state index in [1.807, 2.05) is 19.2 Å². The quantitative estimate of drug-likeness (QED) is 0.522. The number of benzene rings is 1. The molecule has 1 aromatic carbocycles. The van der Waals surface area contributed by atoms with Crippen LogP contribution in [0.25, 0.3) is 0 Å². The van der Waals surface area contributed by atoms with Crippen molar-refractivity contribution in [2.45, 2.75) is 18.1 Å². The Morgan fingerprint density at radius 2 is 2.11 bits per heavy atom. The summed E-state index contributed by atoms with van der Waals surface area (Å²) in [6.45, 7) is 1.93. The zero-order valence-corrected chi connectivity index (χ0v) is 12.1. The average Bonchev–Trinajstić information content (AvgIpc) is 2.38. The molecule has 6 heteroatoms. The number of thioether (sulfide) groups is 1. The predicted octanol–water partition coefficient (Wildman–Crippen LogP) is 4.16. The molecule has 0 saturated heterocycles. The van der Waals surface area contributed by atoms with E-state index in [9.17, 15) is 4.39 Å². The number of hydrogen-bond acceptors (Lipinski definition) is 4. The number of hydrogen-bond donors (Lipinski definition) is 1. The van der Waals surface area contributed by atoms with Crippen LogP contribution in [-0.2, 0) is 0 Å². The molecule has 1 unspecified atom stereocenters. The van der Waals surface area contributed by atoms with Gasteiger partial charge in [-0.2, -0.15) is 0 Å². The molecule has 0 bridgehead atoms. The van der Waals surface area contributed by atoms with Crippen molar-refractivity contribution < 1.29 is 4.39 Å². The van der Waals surface area contributed by atoms with Gasteiger partial charge in [0.05, 0.1) is 6.04 Å². The molecule has 3 nitrogen and oxygen atoms in total. The van der Waals surface area contributed by atoms with Crippen LogP contribution in [0.1, 0.15) is 18.5 Å². The summed E-state index contributed by atoms with van der Waals surface area (Å²) in [5.74, 6) is 0.373. The molecule has 2 aromatic rings. The maximum atomic E-state index is 13.2. The normalized spacial score (nSPS) is 12.2. The Balaban J connectivity index is 2.18. The van der Waals surface area contributed by atoms with Gasteiger partial charge < -0.3 is 5.32 Å². The van der Waals surface area contributed by atoms with Gasteiger partial charge in [0.15, 0.2) is 5.16 Å². The lowest BCUT2D eigenvalue weighted by Gasteiger charge is -2.15. The molecule has 0 amide bonds. The number of nitrogens with one attached hydrogen (secondary N) is 1. The first kappa shape index (κ1) is 14.1. The van der Waals surface area contributed by atoms with E-state index in [4.69, 9.17) is 11.6 Å². The molecule has 0 aliphatic heterocycles. The van der Waals surface area contributed by atoms with Crippen molar-refractivity contribution in [3.05, 3.63) is 46.9 Å². The number of halogens is 2. The third-order valence-electron chi connectivity index (χ3n) is 2.57. The minimum Gasteiger partial charge on any atom is -0.363 e. The zero-order valence-electron chi connectivity index (χ0n) is 10.5. The summed E-state index contributed by atoms with van der Waals surface area (Å²) in [5, 5.41) is 4.17. The largest absolute Gasteiger partial charge is 0.363 e. The van der Waals surface area contributed by atoms with Crippen molar-refractivity contribution in [3.63, 3.8) is 0 Å². The fourth-order valence-electron chi connectivity index (χ4n) is 1.64. The third-order valence-corrected chi connectivity index (χ3v) is 3.31. The van der Waals surface area contributed by atoms with Crippen LogP contribution in [0.4, 0.5) is 10.2 Å². The van der Waals surface area contributed by atoms with E-state index in [1.165, 1.54) is 23.9 Å². The van der Waals surface area contributed by atoms with Gasteiger partial charge in [-0.15, -0.1) is 0 Å². The maximum Gasteiger partial charge on any atom is 0.190 e. The van der Waals surface area contributed by atoms with E-state index in [1.54, 1.807) is 12.1 Å². The highest BCUT2D eigenvalue weighted by molar-refractivity contribution is 7.98. The standard InChI is InChI=1S/C13H13ClFN3S/c1-8(9-4-3-5-10(15)6-9)16-12-7-11(14)17-13(18-12)19-2/h3-8H,1-2H3,(H,16,17,18). The van der Waals surface area contributed by atoms with Crippen LogP contribution in [0.3, 0.4) is 0 Å². The van der Waals surface area contributed by atoms with Crippen molar-refractivity contribution in [3.8, 4) is 0 Å². The second-order valence-corrected chi connectivity index (χ2v) is 5.14. The summed E-state index contributed by atoms with van der Waals surface area (Å²) in [6.07, 6.45) is 1.88. The highest BCUT2D eigenvalue weighted by Crippen LogP contribution is 2.22. The lowest BCUT2D eigenvalue weighted by Crippen LogP contribution is -2.09. The first-order chi connectivity index (χ1) is 9.08. The summed E-state index contributed by atoms with van der Waals surface area (Å²) in [7, 11) is 0. The zero-order chi connectivity index (χ0) is 13.8. The van der Waals surface area contributed by atoms with Gasteiger partial charge in [-0.25, -0.2) is 14.4 Å². The van der Waals surface area contributed by atoms with Crippen molar-refractivity contribution in [1.29, 1.82) is 0 Å². The number of rotatable bonds is 4. The highest BCUT2D eigenvalue weighted by atomic mass is 35.5. The molecule has 1 atom stereocenters. The first-order valence-electron chi connectivity index (χ1n) is 5.69. The molecule has 100 valence electrons. The van der Waals surface area contributed by atoms with Crippen LogP contribution in [-0.4, -0.2) is 16.2 Å². The summed E-state index contributed by atoms with van der Waals surface area (Å²) >= 11 is 7.33. The van der Waals surface area contributed by atoms with E-state index in [0.717, 1.165) is 5.56 Å². The van der Waals surface area contributed by atoms with Crippen LogP contribution in [0.5, 0.6) is 0 Å². The Labute approximate surface area is 120 Å². The molecule has 0 saturated carbocycles. The van der Waals surface area contributed by atoms with Gasteiger partial charge in [-0.3, -0.25) is 0 Å².